The second-order valence-corrected chi connectivity index (χ2v) is 7.92. The van der Waals surface area contributed by atoms with Gasteiger partial charge in [0.25, 0.3) is 10.2 Å². The van der Waals surface area contributed by atoms with E-state index >= 15 is 0 Å². The zero-order chi connectivity index (χ0) is 20.6. The predicted octanol–water partition coefficient (Wildman–Crippen LogP) is 4.92. The molecular formula is C20H15F3N2O3S. The van der Waals surface area contributed by atoms with Gasteiger partial charge in [0, 0.05) is 12.1 Å². The number of halogens is 3. The summed E-state index contributed by atoms with van der Waals surface area (Å²) in [6, 6.07) is 16.7. The molecule has 0 radical (unpaired) electrons. The van der Waals surface area contributed by atoms with Crippen molar-refractivity contribution >= 4 is 15.9 Å². The number of hydrogen-bond acceptors (Lipinski definition) is 3. The van der Waals surface area contributed by atoms with E-state index in [0.29, 0.717) is 17.0 Å². The van der Waals surface area contributed by atoms with E-state index in [1.54, 1.807) is 30.3 Å². The number of rotatable bonds is 3. The van der Waals surface area contributed by atoms with Gasteiger partial charge in [-0.25, -0.2) is 0 Å². The van der Waals surface area contributed by atoms with Gasteiger partial charge in [-0.3, -0.25) is 4.72 Å². The van der Waals surface area contributed by atoms with Crippen LogP contribution in [0.5, 0.6) is 11.5 Å². The monoisotopic (exact) mass is 420 g/mol. The first-order chi connectivity index (χ1) is 13.7. The first kappa shape index (κ1) is 19.3. The molecule has 3 aromatic rings. The Labute approximate surface area is 165 Å². The van der Waals surface area contributed by atoms with Crippen LogP contribution >= 0.6 is 0 Å². The number of fused-ring (bicyclic) bond motifs is 1. The van der Waals surface area contributed by atoms with Crippen molar-refractivity contribution in [1.29, 1.82) is 0 Å². The van der Waals surface area contributed by atoms with E-state index in [9.17, 15) is 21.6 Å². The molecule has 150 valence electrons. The third kappa shape index (κ3) is 4.20. The zero-order valence-electron chi connectivity index (χ0n) is 14.8. The summed E-state index contributed by atoms with van der Waals surface area (Å²) < 4.78 is 72.6. The third-order valence-corrected chi connectivity index (χ3v) is 5.40. The molecule has 0 bridgehead atoms. The summed E-state index contributed by atoms with van der Waals surface area (Å²) in [4.78, 5) is 0. The van der Waals surface area contributed by atoms with E-state index < -0.39 is 21.9 Å². The van der Waals surface area contributed by atoms with Crippen LogP contribution in [0.3, 0.4) is 0 Å². The molecule has 0 aliphatic carbocycles. The van der Waals surface area contributed by atoms with Crippen LogP contribution in [0.15, 0.2) is 66.7 Å². The number of alkyl halides is 3. The molecule has 0 spiro atoms. The van der Waals surface area contributed by atoms with Gasteiger partial charge in [-0.15, -0.1) is 0 Å². The molecule has 0 atom stereocenters. The van der Waals surface area contributed by atoms with Crippen LogP contribution in [0, 0.1) is 0 Å². The molecule has 9 heteroatoms. The molecule has 29 heavy (non-hydrogen) atoms. The Morgan fingerprint density at radius 1 is 0.897 bits per heavy atom. The highest BCUT2D eigenvalue weighted by Gasteiger charge is 2.30. The Morgan fingerprint density at radius 3 is 2.34 bits per heavy atom. The lowest BCUT2D eigenvalue weighted by molar-refractivity contribution is -0.137. The molecule has 5 nitrogen and oxygen atoms in total. The van der Waals surface area contributed by atoms with Crippen molar-refractivity contribution in [3.63, 3.8) is 0 Å². The maximum atomic E-state index is 12.8. The standard InChI is InChI=1S/C20H15F3N2O3S/c21-20(22,23)15-4-2-5-17(11-15)28-16-9-7-13(8-10-16)18-6-1-3-14-12-24-29(26,27)25-19(14)18/h1-11,24-25H,12H2. The van der Waals surface area contributed by atoms with Gasteiger partial charge >= 0.3 is 6.18 Å². The number of benzene rings is 3. The molecule has 0 fully saturated rings. The first-order valence-corrected chi connectivity index (χ1v) is 10.0. The van der Waals surface area contributed by atoms with E-state index in [-0.39, 0.29) is 12.3 Å². The molecule has 0 saturated carbocycles. The van der Waals surface area contributed by atoms with Crippen LogP contribution in [0.25, 0.3) is 11.1 Å². The van der Waals surface area contributed by atoms with Crippen molar-refractivity contribution < 1.29 is 26.3 Å². The van der Waals surface area contributed by atoms with Crippen LogP contribution in [-0.4, -0.2) is 8.42 Å². The Kier molecular flexibility index (Phi) is 4.71. The Hall–Kier alpha value is -3.04. The van der Waals surface area contributed by atoms with Gasteiger partial charge in [-0.2, -0.15) is 26.3 Å². The highest BCUT2D eigenvalue weighted by Crippen LogP contribution is 2.36. The lowest BCUT2D eigenvalue weighted by atomic mass is 10.0. The van der Waals surface area contributed by atoms with E-state index in [0.717, 1.165) is 23.3 Å². The summed E-state index contributed by atoms with van der Waals surface area (Å²) in [6.07, 6.45) is -4.45. The number of para-hydroxylation sites is 1. The second kappa shape index (κ2) is 7.09. The lowest BCUT2D eigenvalue weighted by Crippen LogP contribution is -2.34. The average Bonchev–Trinajstić information content (AvgIpc) is 2.67. The lowest BCUT2D eigenvalue weighted by Gasteiger charge is -2.22. The molecular weight excluding hydrogens is 405 g/mol. The molecule has 1 heterocycles. The summed E-state index contributed by atoms with van der Waals surface area (Å²) >= 11 is 0. The molecule has 0 unspecified atom stereocenters. The fourth-order valence-electron chi connectivity index (χ4n) is 3.03. The summed E-state index contributed by atoms with van der Waals surface area (Å²) in [7, 11) is -3.61. The van der Waals surface area contributed by atoms with Crippen LogP contribution in [0.1, 0.15) is 11.1 Å². The van der Waals surface area contributed by atoms with Gasteiger partial charge in [-0.05, 0) is 41.5 Å². The van der Waals surface area contributed by atoms with Crippen molar-refractivity contribution in [3.05, 3.63) is 77.9 Å². The van der Waals surface area contributed by atoms with Crippen LogP contribution in [0.2, 0.25) is 0 Å². The van der Waals surface area contributed by atoms with E-state index in [4.69, 9.17) is 4.74 Å². The van der Waals surface area contributed by atoms with Crippen LogP contribution < -0.4 is 14.2 Å². The minimum atomic E-state index is -4.45. The van der Waals surface area contributed by atoms with Crippen molar-refractivity contribution in [3.8, 4) is 22.6 Å². The van der Waals surface area contributed by atoms with Crippen molar-refractivity contribution in [2.75, 3.05) is 4.72 Å². The number of ether oxygens (including phenoxy) is 1. The summed E-state index contributed by atoms with van der Waals surface area (Å²) in [5, 5.41) is 0. The second-order valence-electron chi connectivity index (χ2n) is 6.42. The Morgan fingerprint density at radius 2 is 1.62 bits per heavy atom. The molecule has 1 aliphatic rings. The quantitative estimate of drug-likeness (QED) is 0.632. The van der Waals surface area contributed by atoms with Gasteiger partial charge in [0.1, 0.15) is 11.5 Å². The number of anilines is 1. The first-order valence-electron chi connectivity index (χ1n) is 8.56. The summed E-state index contributed by atoms with van der Waals surface area (Å²) in [5.41, 5.74) is 1.95. The van der Waals surface area contributed by atoms with Crippen LogP contribution in [0.4, 0.5) is 18.9 Å². The van der Waals surface area contributed by atoms with Crippen molar-refractivity contribution in [2.45, 2.75) is 12.7 Å². The summed E-state index contributed by atoms with van der Waals surface area (Å²) in [6.45, 7) is 0.190. The molecule has 0 aromatic heterocycles. The predicted molar refractivity (Wildman–Crippen MR) is 103 cm³/mol. The van der Waals surface area contributed by atoms with Gasteiger partial charge < -0.3 is 4.74 Å². The number of nitrogens with one attached hydrogen (secondary N) is 2. The molecule has 1 aliphatic heterocycles. The van der Waals surface area contributed by atoms with Crippen molar-refractivity contribution in [2.24, 2.45) is 0 Å². The highest BCUT2D eigenvalue weighted by atomic mass is 32.2. The SMILES string of the molecule is O=S1(=O)NCc2cccc(-c3ccc(Oc4cccc(C(F)(F)F)c4)cc3)c2N1. The smallest absolute Gasteiger partial charge is 0.416 e. The topological polar surface area (TPSA) is 67.4 Å². The Balaban J connectivity index is 1.60. The molecule has 0 saturated heterocycles. The highest BCUT2D eigenvalue weighted by molar-refractivity contribution is 7.90. The maximum Gasteiger partial charge on any atom is 0.416 e. The minimum absolute atomic E-state index is 0.0727. The van der Waals surface area contributed by atoms with Gasteiger partial charge in [0.15, 0.2) is 0 Å². The average molecular weight is 420 g/mol. The van der Waals surface area contributed by atoms with E-state index in [1.165, 1.54) is 12.1 Å². The third-order valence-electron chi connectivity index (χ3n) is 4.40. The van der Waals surface area contributed by atoms with Crippen LogP contribution in [-0.2, 0) is 22.9 Å². The fourth-order valence-corrected chi connectivity index (χ4v) is 3.95. The molecule has 3 aromatic carbocycles. The Bertz CT molecular complexity index is 1160. The fraction of sp³-hybridized carbons (Fsp3) is 0.100. The normalized spacial score (nSPS) is 15.3. The largest absolute Gasteiger partial charge is 0.457 e. The van der Waals surface area contributed by atoms with E-state index in [2.05, 4.69) is 9.44 Å². The zero-order valence-corrected chi connectivity index (χ0v) is 15.6. The van der Waals surface area contributed by atoms with E-state index in [1.807, 2.05) is 12.1 Å². The van der Waals surface area contributed by atoms with Gasteiger partial charge in [0.2, 0.25) is 0 Å². The number of hydrogen-bond donors (Lipinski definition) is 2. The van der Waals surface area contributed by atoms with Gasteiger partial charge in [0.05, 0.1) is 11.3 Å². The summed E-state index contributed by atoms with van der Waals surface area (Å²) in [5.74, 6) is 0.434. The maximum absolute atomic E-state index is 12.8. The molecule has 0 amide bonds. The minimum Gasteiger partial charge on any atom is -0.457 e. The van der Waals surface area contributed by atoms with Gasteiger partial charge in [-0.1, -0.05) is 36.4 Å². The molecule has 4 rings (SSSR count). The van der Waals surface area contributed by atoms with Crippen molar-refractivity contribution in [1.82, 2.24) is 4.72 Å². The molecule has 2 N–H and O–H groups in total.